The van der Waals surface area contributed by atoms with Gasteiger partial charge in [-0.1, -0.05) is 12.1 Å². The van der Waals surface area contributed by atoms with Crippen molar-refractivity contribution in [1.29, 1.82) is 0 Å². The summed E-state index contributed by atoms with van der Waals surface area (Å²) in [5.74, 6) is 1.66. The Morgan fingerprint density at radius 1 is 1.18 bits per heavy atom. The number of benzene rings is 1. The van der Waals surface area contributed by atoms with Crippen molar-refractivity contribution in [3.63, 3.8) is 0 Å². The average Bonchev–Trinajstić information content (AvgIpc) is 2.40. The predicted molar refractivity (Wildman–Crippen MR) is 63.2 cm³/mol. The van der Waals surface area contributed by atoms with E-state index in [1.54, 1.807) is 49.7 Å². The molecule has 2 rings (SSSR count). The number of methoxy groups -OCH3 is 1. The number of aromatic nitrogens is 1. The van der Waals surface area contributed by atoms with E-state index in [0.29, 0.717) is 17.4 Å². The molecule has 1 heterocycles. The van der Waals surface area contributed by atoms with E-state index < -0.39 is 0 Å². The Morgan fingerprint density at radius 2 is 1.94 bits per heavy atom. The number of hydrogen-bond donors (Lipinski definition) is 1. The standard InChI is InChI=1S/C13H13NO3/c1-16-12-3-2-8-14-13(12)17-11-6-4-10(9-15)5-7-11/h2-8,15H,9H2,1H3. The highest BCUT2D eigenvalue weighted by atomic mass is 16.5. The molecular weight excluding hydrogens is 218 g/mol. The van der Waals surface area contributed by atoms with Crippen LogP contribution in [0.3, 0.4) is 0 Å². The summed E-state index contributed by atoms with van der Waals surface area (Å²) in [6.07, 6.45) is 1.64. The maximum absolute atomic E-state index is 8.93. The van der Waals surface area contributed by atoms with Crippen molar-refractivity contribution in [2.45, 2.75) is 6.61 Å². The van der Waals surface area contributed by atoms with E-state index in [-0.39, 0.29) is 6.61 Å². The van der Waals surface area contributed by atoms with Crippen molar-refractivity contribution in [1.82, 2.24) is 4.98 Å². The van der Waals surface area contributed by atoms with Gasteiger partial charge >= 0.3 is 0 Å². The Bertz CT molecular complexity index is 482. The molecule has 0 aliphatic heterocycles. The molecule has 0 spiro atoms. The first-order valence-electron chi connectivity index (χ1n) is 5.20. The largest absolute Gasteiger partial charge is 0.491 e. The highest BCUT2D eigenvalue weighted by Gasteiger charge is 2.05. The highest BCUT2D eigenvalue weighted by molar-refractivity contribution is 5.37. The molecule has 1 N–H and O–H groups in total. The van der Waals surface area contributed by atoms with Crippen LogP contribution in [0, 0.1) is 0 Å². The Labute approximate surface area is 99.5 Å². The van der Waals surface area contributed by atoms with Crippen LogP contribution in [0.15, 0.2) is 42.6 Å². The van der Waals surface area contributed by atoms with Crippen LogP contribution in [0.5, 0.6) is 17.4 Å². The molecule has 0 saturated heterocycles. The van der Waals surface area contributed by atoms with Gasteiger partial charge in [-0.2, -0.15) is 0 Å². The van der Waals surface area contributed by atoms with Crippen molar-refractivity contribution >= 4 is 0 Å². The summed E-state index contributed by atoms with van der Waals surface area (Å²) < 4.78 is 10.7. The fourth-order valence-corrected chi connectivity index (χ4v) is 1.38. The van der Waals surface area contributed by atoms with Gasteiger partial charge < -0.3 is 14.6 Å². The summed E-state index contributed by atoms with van der Waals surface area (Å²) in [6.45, 7) is 0.0210. The van der Waals surface area contributed by atoms with E-state index in [4.69, 9.17) is 14.6 Å². The monoisotopic (exact) mass is 231 g/mol. The van der Waals surface area contributed by atoms with Crippen molar-refractivity contribution in [2.24, 2.45) is 0 Å². The lowest BCUT2D eigenvalue weighted by molar-refractivity contribution is 0.281. The number of ether oxygens (including phenoxy) is 2. The zero-order chi connectivity index (χ0) is 12.1. The molecule has 4 heteroatoms. The number of nitrogens with zero attached hydrogens (tertiary/aromatic N) is 1. The van der Waals surface area contributed by atoms with E-state index in [0.717, 1.165) is 5.56 Å². The summed E-state index contributed by atoms with van der Waals surface area (Å²) in [6, 6.07) is 10.7. The zero-order valence-corrected chi connectivity index (χ0v) is 9.46. The van der Waals surface area contributed by atoms with Gasteiger partial charge in [0.15, 0.2) is 5.75 Å². The first kappa shape index (κ1) is 11.4. The molecule has 0 saturated carbocycles. The molecule has 0 radical (unpaired) electrons. The number of pyridine rings is 1. The van der Waals surface area contributed by atoms with Gasteiger partial charge in [-0.15, -0.1) is 0 Å². The van der Waals surface area contributed by atoms with Crippen molar-refractivity contribution in [3.8, 4) is 17.4 Å². The molecule has 0 atom stereocenters. The van der Waals surface area contributed by atoms with Crippen LogP contribution in [0.25, 0.3) is 0 Å². The highest BCUT2D eigenvalue weighted by Crippen LogP contribution is 2.28. The maximum Gasteiger partial charge on any atom is 0.262 e. The van der Waals surface area contributed by atoms with Gasteiger partial charge in [0, 0.05) is 6.20 Å². The van der Waals surface area contributed by atoms with Gasteiger partial charge in [-0.05, 0) is 29.8 Å². The second-order valence-electron chi connectivity index (χ2n) is 3.41. The molecule has 1 aromatic heterocycles. The van der Waals surface area contributed by atoms with Gasteiger partial charge in [0.25, 0.3) is 5.88 Å². The molecule has 2 aromatic rings. The van der Waals surface area contributed by atoms with E-state index in [1.165, 1.54) is 0 Å². The molecule has 1 aromatic carbocycles. The van der Waals surface area contributed by atoms with Crippen LogP contribution in [-0.4, -0.2) is 17.2 Å². The van der Waals surface area contributed by atoms with Crippen LogP contribution < -0.4 is 9.47 Å². The normalized spacial score (nSPS) is 10.0. The topological polar surface area (TPSA) is 51.6 Å². The Morgan fingerprint density at radius 3 is 2.59 bits per heavy atom. The van der Waals surface area contributed by atoms with Crippen molar-refractivity contribution in [3.05, 3.63) is 48.2 Å². The third-order valence-electron chi connectivity index (χ3n) is 2.28. The molecule has 0 fully saturated rings. The fourth-order valence-electron chi connectivity index (χ4n) is 1.38. The molecule has 0 aliphatic carbocycles. The predicted octanol–water partition coefficient (Wildman–Crippen LogP) is 2.37. The Hall–Kier alpha value is -2.07. The molecule has 17 heavy (non-hydrogen) atoms. The number of rotatable bonds is 4. The van der Waals surface area contributed by atoms with Gasteiger partial charge in [-0.3, -0.25) is 0 Å². The van der Waals surface area contributed by atoms with Crippen LogP contribution in [0.2, 0.25) is 0 Å². The smallest absolute Gasteiger partial charge is 0.262 e. The molecule has 0 amide bonds. The second kappa shape index (κ2) is 5.32. The number of aliphatic hydroxyl groups excluding tert-OH is 1. The number of aliphatic hydroxyl groups is 1. The minimum absolute atomic E-state index is 0.0210. The molecular formula is C13H13NO3. The van der Waals surface area contributed by atoms with E-state index in [1.807, 2.05) is 0 Å². The lowest BCUT2D eigenvalue weighted by Crippen LogP contribution is -1.92. The minimum atomic E-state index is 0.0210. The van der Waals surface area contributed by atoms with Gasteiger partial charge in [0.2, 0.25) is 0 Å². The van der Waals surface area contributed by atoms with Gasteiger partial charge in [0.1, 0.15) is 5.75 Å². The van der Waals surface area contributed by atoms with Crippen molar-refractivity contribution < 1.29 is 14.6 Å². The Kier molecular flexibility index (Phi) is 3.57. The average molecular weight is 231 g/mol. The van der Waals surface area contributed by atoms with Gasteiger partial charge in [-0.25, -0.2) is 4.98 Å². The molecule has 88 valence electrons. The first-order chi connectivity index (χ1) is 8.33. The lowest BCUT2D eigenvalue weighted by atomic mass is 10.2. The van der Waals surface area contributed by atoms with Gasteiger partial charge in [0.05, 0.1) is 13.7 Å². The summed E-state index contributed by atoms with van der Waals surface area (Å²) >= 11 is 0. The number of hydrogen-bond acceptors (Lipinski definition) is 4. The molecule has 0 bridgehead atoms. The maximum atomic E-state index is 8.93. The van der Waals surface area contributed by atoms with E-state index in [9.17, 15) is 0 Å². The molecule has 0 unspecified atom stereocenters. The lowest BCUT2D eigenvalue weighted by Gasteiger charge is -2.08. The summed E-state index contributed by atoms with van der Waals surface area (Å²) in [5, 5.41) is 8.93. The third kappa shape index (κ3) is 2.73. The van der Waals surface area contributed by atoms with Crippen molar-refractivity contribution in [2.75, 3.05) is 7.11 Å². The van der Waals surface area contributed by atoms with Crippen LogP contribution >= 0.6 is 0 Å². The fraction of sp³-hybridized carbons (Fsp3) is 0.154. The van der Waals surface area contributed by atoms with Crippen LogP contribution in [-0.2, 0) is 6.61 Å². The minimum Gasteiger partial charge on any atom is -0.491 e. The summed E-state index contributed by atoms with van der Waals surface area (Å²) in [5.41, 5.74) is 0.838. The SMILES string of the molecule is COc1cccnc1Oc1ccc(CO)cc1. The van der Waals surface area contributed by atoms with E-state index in [2.05, 4.69) is 4.98 Å². The molecule has 0 aliphatic rings. The van der Waals surface area contributed by atoms with Crippen LogP contribution in [0.1, 0.15) is 5.56 Å². The second-order valence-corrected chi connectivity index (χ2v) is 3.41. The summed E-state index contributed by atoms with van der Waals surface area (Å²) in [4.78, 5) is 4.09. The zero-order valence-electron chi connectivity index (χ0n) is 9.46. The van der Waals surface area contributed by atoms with Crippen LogP contribution in [0.4, 0.5) is 0 Å². The summed E-state index contributed by atoms with van der Waals surface area (Å²) in [7, 11) is 1.57. The first-order valence-corrected chi connectivity index (χ1v) is 5.20. The molecule has 4 nitrogen and oxygen atoms in total. The Balaban J connectivity index is 2.19. The van der Waals surface area contributed by atoms with E-state index >= 15 is 0 Å². The quantitative estimate of drug-likeness (QED) is 0.877. The third-order valence-corrected chi connectivity index (χ3v) is 2.28.